The number of pyridine rings is 1. The third kappa shape index (κ3) is 4.13. The molecule has 0 unspecified atom stereocenters. The van der Waals surface area contributed by atoms with E-state index >= 15 is 0 Å². The van der Waals surface area contributed by atoms with Crippen molar-refractivity contribution >= 4 is 33.4 Å². The monoisotopic (exact) mass is 449 g/mol. The van der Waals surface area contributed by atoms with Crippen molar-refractivity contribution in [1.29, 1.82) is 0 Å². The number of fused-ring (bicyclic) bond motifs is 2. The summed E-state index contributed by atoms with van der Waals surface area (Å²) in [4.78, 5) is 30.2. The molecule has 6 nitrogen and oxygen atoms in total. The summed E-state index contributed by atoms with van der Waals surface area (Å²) in [6.07, 6.45) is 5.06. The van der Waals surface area contributed by atoms with Crippen LogP contribution < -0.4 is 10.1 Å². The minimum atomic E-state index is -0.142. The lowest BCUT2D eigenvalue weighted by molar-refractivity contribution is -0.121. The molecular weight excluding hydrogens is 426 g/mol. The topological polar surface area (TPSA) is 73.2 Å². The number of ether oxygens (including phenoxy) is 1. The van der Waals surface area contributed by atoms with Crippen LogP contribution >= 0.6 is 0 Å². The van der Waals surface area contributed by atoms with E-state index in [0.29, 0.717) is 23.4 Å². The minimum absolute atomic E-state index is 0.0862. The Labute approximate surface area is 196 Å². The Balaban J connectivity index is 1.37. The summed E-state index contributed by atoms with van der Waals surface area (Å²) in [5.41, 5.74) is 2.88. The molecule has 0 aliphatic carbocycles. The number of hydrogen-bond acceptors (Lipinski definition) is 4. The summed E-state index contributed by atoms with van der Waals surface area (Å²) < 4.78 is 6.96. The molecule has 34 heavy (non-hydrogen) atoms. The highest BCUT2D eigenvalue weighted by Crippen LogP contribution is 2.24. The van der Waals surface area contributed by atoms with Gasteiger partial charge in [0.25, 0.3) is 0 Å². The largest absolute Gasteiger partial charge is 0.497 e. The average molecular weight is 450 g/mol. The number of methoxy groups -OCH3 is 1. The molecule has 0 saturated heterocycles. The summed E-state index contributed by atoms with van der Waals surface area (Å²) in [7, 11) is 1.59. The first kappa shape index (κ1) is 21.4. The van der Waals surface area contributed by atoms with Crippen LogP contribution in [0.3, 0.4) is 0 Å². The van der Waals surface area contributed by atoms with Crippen molar-refractivity contribution in [3.63, 3.8) is 0 Å². The highest BCUT2D eigenvalue weighted by atomic mass is 16.5. The number of aromatic nitrogens is 2. The number of ketones is 1. The van der Waals surface area contributed by atoms with Gasteiger partial charge in [-0.1, -0.05) is 42.5 Å². The first-order chi connectivity index (χ1) is 16.6. The highest BCUT2D eigenvalue weighted by molar-refractivity contribution is 6.16. The van der Waals surface area contributed by atoms with Gasteiger partial charge in [-0.25, -0.2) is 0 Å². The second kappa shape index (κ2) is 9.19. The molecule has 2 heterocycles. The van der Waals surface area contributed by atoms with Gasteiger partial charge in [0.2, 0.25) is 5.91 Å². The van der Waals surface area contributed by atoms with Crippen molar-refractivity contribution in [3.05, 3.63) is 108 Å². The molecule has 0 saturated carbocycles. The molecular formula is C28H23N3O3. The maximum Gasteiger partial charge on any atom is 0.240 e. The van der Waals surface area contributed by atoms with E-state index in [1.807, 2.05) is 24.3 Å². The molecule has 5 rings (SSSR count). The quantitative estimate of drug-likeness (QED) is 0.364. The number of benzene rings is 3. The summed E-state index contributed by atoms with van der Waals surface area (Å²) in [5, 5.41) is 6.03. The van der Waals surface area contributed by atoms with Crippen LogP contribution in [0, 0.1) is 0 Å². The molecule has 1 amide bonds. The van der Waals surface area contributed by atoms with E-state index < -0.39 is 0 Å². The lowest BCUT2D eigenvalue weighted by Crippen LogP contribution is -2.27. The molecule has 0 radical (unpaired) electrons. The second-order valence-corrected chi connectivity index (χ2v) is 8.04. The molecule has 2 aromatic heterocycles. The van der Waals surface area contributed by atoms with Crippen LogP contribution in [0.2, 0.25) is 0 Å². The van der Waals surface area contributed by atoms with E-state index in [1.54, 1.807) is 60.6 Å². The summed E-state index contributed by atoms with van der Waals surface area (Å²) >= 11 is 0. The van der Waals surface area contributed by atoms with Gasteiger partial charge in [0.1, 0.15) is 12.3 Å². The van der Waals surface area contributed by atoms with Gasteiger partial charge in [0.05, 0.1) is 18.8 Å². The molecule has 3 aromatic carbocycles. The first-order valence-corrected chi connectivity index (χ1v) is 11.0. The first-order valence-electron chi connectivity index (χ1n) is 11.0. The molecule has 0 spiro atoms. The van der Waals surface area contributed by atoms with Crippen LogP contribution in [0.5, 0.6) is 5.75 Å². The highest BCUT2D eigenvalue weighted by Gasteiger charge is 2.18. The van der Waals surface area contributed by atoms with Gasteiger partial charge >= 0.3 is 0 Å². The Kier molecular flexibility index (Phi) is 5.79. The van der Waals surface area contributed by atoms with E-state index in [0.717, 1.165) is 27.2 Å². The van der Waals surface area contributed by atoms with E-state index in [9.17, 15) is 9.59 Å². The van der Waals surface area contributed by atoms with Crippen molar-refractivity contribution in [2.45, 2.75) is 13.1 Å². The molecule has 0 fully saturated rings. The molecule has 0 aliphatic heterocycles. The van der Waals surface area contributed by atoms with E-state index in [-0.39, 0.29) is 18.2 Å². The zero-order valence-corrected chi connectivity index (χ0v) is 18.7. The standard InChI is InChI=1S/C28H23N3O3/c1-34-22-11-9-20(10-12-22)28(33)25-17-31(26-16-29-14-13-24(25)26)18-27(32)30-15-21-7-4-6-19-5-2-3-8-23(19)21/h2-14,16-17H,15,18H2,1H3,(H,30,32). The maximum absolute atomic E-state index is 13.2. The fourth-order valence-electron chi connectivity index (χ4n) is 4.20. The molecule has 5 aromatic rings. The number of rotatable bonds is 7. The van der Waals surface area contributed by atoms with Gasteiger partial charge < -0.3 is 14.6 Å². The lowest BCUT2D eigenvalue weighted by Gasteiger charge is -2.09. The van der Waals surface area contributed by atoms with Gasteiger partial charge in [-0.05, 0) is 46.7 Å². The zero-order chi connectivity index (χ0) is 23.5. The Morgan fingerprint density at radius 1 is 0.941 bits per heavy atom. The van der Waals surface area contributed by atoms with Gasteiger partial charge in [0, 0.05) is 35.5 Å². The maximum atomic E-state index is 13.2. The molecule has 6 heteroatoms. The average Bonchev–Trinajstić information content (AvgIpc) is 3.25. The Morgan fingerprint density at radius 2 is 1.74 bits per heavy atom. The van der Waals surface area contributed by atoms with Crippen LogP contribution in [0.4, 0.5) is 0 Å². The smallest absolute Gasteiger partial charge is 0.240 e. The number of nitrogens with one attached hydrogen (secondary N) is 1. The van der Waals surface area contributed by atoms with Crippen molar-refractivity contribution < 1.29 is 14.3 Å². The van der Waals surface area contributed by atoms with Gasteiger partial charge in [-0.2, -0.15) is 0 Å². The second-order valence-electron chi connectivity index (χ2n) is 8.04. The van der Waals surface area contributed by atoms with Crippen LogP contribution in [-0.2, 0) is 17.9 Å². The van der Waals surface area contributed by atoms with Crippen molar-refractivity contribution in [2.75, 3.05) is 7.11 Å². The number of nitrogens with zero attached hydrogens (tertiary/aromatic N) is 2. The molecule has 168 valence electrons. The van der Waals surface area contributed by atoms with Crippen molar-refractivity contribution in [3.8, 4) is 5.75 Å². The SMILES string of the molecule is COc1ccc(C(=O)c2cn(CC(=O)NCc3cccc4ccccc34)c3cnccc23)cc1. The molecule has 0 bridgehead atoms. The third-order valence-corrected chi connectivity index (χ3v) is 5.95. The minimum Gasteiger partial charge on any atom is -0.497 e. The third-order valence-electron chi connectivity index (χ3n) is 5.95. The van der Waals surface area contributed by atoms with Crippen LogP contribution in [-0.4, -0.2) is 28.4 Å². The Hall–Kier alpha value is -4.45. The van der Waals surface area contributed by atoms with Gasteiger partial charge in [-0.3, -0.25) is 14.6 Å². The number of carbonyl (C=O) groups excluding carboxylic acids is 2. The van der Waals surface area contributed by atoms with Gasteiger partial charge in [-0.15, -0.1) is 0 Å². The number of hydrogen-bond donors (Lipinski definition) is 1. The molecule has 0 aliphatic rings. The molecule has 0 atom stereocenters. The van der Waals surface area contributed by atoms with Crippen LogP contribution in [0.15, 0.2) is 91.4 Å². The number of carbonyl (C=O) groups is 2. The Bertz CT molecular complexity index is 1500. The fourth-order valence-corrected chi connectivity index (χ4v) is 4.20. The lowest BCUT2D eigenvalue weighted by atomic mass is 10.0. The van der Waals surface area contributed by atoms with E-state index in [4.69, 9.17) is 4.74 Å². The van der Waals surface area contributed by atoms with Gasteiger partial charge in [0.15, 0.2) is 5.78 Å². The predicted molar refractivity (Wildman–Crippen MR) is 132 cm³/mol. The van der Waals surface area contributed by atoms with Crippen LogP contribution in [0.25, 0.3) is 21.7 Å². The normalized spacial score (nSPS) is 11.0. The van der Waals surface area contributed by atoms with Crippen molar-refractivity contribution in [1.82, 2.24) is 14.9 Å². The van der Waals surface area contributed by atoms with Crippen molar-refractivity contribution in [2.24, 2.45) is 0 Å². The summed E-state index contributed by atoms with van der Waals surface area (Å²) in [6, 6.07) is 23.0. The zero-order valence-electron chi connectivity index (χ0n) is 18.7. The van der Waals surface area contributed by atoms with E-state index in [2.05, 4.69) is 28.5 Å². The Morgan fingerprint density at radius 3 is 2.56 bits per heavy atom. The van der Waals surface area contributed by atoms with E-state index in [1.165, 1.54) is 0 Å². The fraction of sp³-hybridized carbons (Fsp3) is 0.107. The number of amides is 1. The predicted octanol–water partition coefficient (Wildman–Crippen LogP) is 4.75. The summed E-state index contributed by atoms with van der Waals surface area (Å²) in [5.74, 6) is 0.428. The molecule has 1 N–H and O–H groups in total. The van der Waals surface area contributed by atoms with Crippen LogP contribution in [0.1, 0.15) is 21.5 Å². The summed E-state index contributed by atoms with van der Waals surface area (Å²) in [6.45, 7) is 0.512.